The summed E-state index contributed by atoms with van der Waals surface area (Å²) in [6, 6.07) is 12.2. The molecule has 3 rings (SSSR count). The first-order valence-corrected chi connectivity index (χ1v) is 7.16. The number of rotatable bonds is 5. The van der Waals surface area contributed by atoms with Gasteiger partial charge in [0, 0.05) is 23.0 Å². The Balaban J connectivity index is 1.57. The third-order valence-corrected chi connectivity index (χ3v) is 3.38. The molecule has 2 aromatic carbocycles. The Morgan fingerprint density at radius 1 is 1.04 bits per heavy atom. The number of hydrogen-bond donors (Lipinski definition) is 2. The van der Waals surface area contributed by atoms with Gasteiger partial charge in [0.25, 0.3) is 0 Å². The molecule has 1 heterocycles. The molecule has 6 heteroatoms. The van der Waals surface area contributed by atoms with E-state index in [4.69, 9.17) is 9.47 Å². The minimum absolute atomic E-state index is 0.0421. The average molecular weight is 312 g/mol. The molecule has 118 valence electrons. The summed E-state index contributed by atoms with van der Waals surface area (Å²) < 4.78 is 10.5. The number of amides is 1. The predicted molar refractivity (Wildman–Crippen MR) is 86.1 cm³/mol. The molecule has 1 aliphatic rings. The number of benzene rings is 2. The molecule has 6 nitrogen and oxygen atoms in total. The lowest BCUT2D eigenvalue weighted by Gasteiger charge is -2.09. The second-order valence-electron chi connectivity index (χ2n) is 5.11. The molecule has 0 bridgehead atoms. The lowest BCUT2D eigenvalue weighted by molar-refractivity contribution is -0.114. The Morgan fingerprint density at radius 3 is 2.70 bits per heavy atom. The first kappa shape index (κ1) is 14.9. The minimum Gasteiger partial charge on any atom is -0.454 e. The monoisotopic (exact) mass is 312 g/mol. The third kappa shape index (κ3) is 3.60. The topological polar surface area (TPSA) is 76.7 Å². The van der Waals surface area contributed by atoms with Gasteiger partial charge >= 0.3 is 0 Å². The summed E-state index contributed by atoms with van der Waals surface area (Å²) >= 11 is 0. The van der Waals surface area contributed by atoms with Gasteiger partial charge in [0.1, 0.15) is 0 Å². The number of anilines is 2. The van der Waals surface area contributed by atoms with Crippen molar-refractivity contribution < 1.29 is 19.1 Å². The minimum atomic E-state index is -0.205. The molecule has 0 saturated heterocycles. The van der Waals surface area contributed by atoms with Gasteiger partial charge in [-0.1, -0.05) is 12.1 Å². The number of ketones is 1. The van der Waals surface area contributed by atoms with Crippen LogP contribution in [0.5, 0.6) is 11.5 Å². The number of nitrogens with one attached hydrogen (secondary N) is 2. The van der Waals surface area contributed by atoms with Crippen LogP contribution in [-0.2, 0) is 4.79 Å². The Labute approximate surface area is 133 Å². The Kier molecular flexibility index (Phi) is 4.14. The molecule has 23 heavy (non-hydrogen) atoms. The van der Waals surface area contributed by atoms with Crippen LogP contribution in [0.3, 0.4) is 0 Å². The Morgan fingerprint density at radius 2 is 1.87 bits per heavy atom. The Bertz CT molecular complexity index is 758. The smallest absolute Gasteiger partial charge is 0.243 e. The summed E-state index contributed by atoms with van der Waals surface area (Å²) in [7, 11) is 0. The molecule has 0 aliphatic carbocycles. The number of ether oxygens (including phenoxy) is 2. The molecule has 1 amide bonds. The quantitative estimate of drug-likeness (QED) is 0.830. The summed E-state index contributed by atoms with van der Waals surface area (Å²) in [5.74, 6) is 1.11. The van der Waals surface area contributed by atoms with E-state index in [1.807, 2.05) is 6.07 Å². The molecule has 0 saturated carbocycles. The highest BCUT2D eigenvalue weighted by Crippen LogP contribution is 2.34. The molecule has 2 N–H and O–H groups in total. The second kappa shape index (κ2) is 6.39. The maximum atomic E-state index is 12.0. The third-order valence-electron chi connectivity index (χ3n) is 3.38. The zero-order chi connectivity index (χ0) is 16.2. The van der Waals surface area contributed by atoms with E-state index in [0.717, 1.165) is 5.69 Å². The lowest BCUT2D eigenvalue weighted by Crippen LogP contribution is -2.21. The van der Waals surface area contributed by atoms with Crippen LogP contribution in [0.4, 0.5) is 11.4 Å². The summed E-state index contributed by atoms with van der Waals surface area (Å²) in [4.78, 5) is 23.3. The number of carbonyl (C=O) groups is 2. The van der Waals surface area contributed by atoms with Crippen LogP contribution in [0, 0.1) is 0 Å². The van der Waals surface area contributed by atoms with E-state index in [2.05, 4.69) is 10.6 Å². The van der Waals surface area contributed by atoms with Crippen molar-refractivity contribution in [2.45, 2.75) is 6.92 Å². The van der Waals surface area contributed by atoms with Gasteiger partial charge in [-0.2, -0.15) is 0 Å². The van der Waals surface area contributed by atoms with Crippen molar-refractivity contribution in [3.8, 4) is 11.5 Å². The molecule has 1 aliphatic heterocycles. The number of hydrogen-bond acceptors (Lipinski definition) is 5. The molecule has 2 aromatic rings. The van der Waals surface area contributed by atoms with Crippen LogP contribution in [-0.4, -0.2) is 25.0 Å². The van der Waals surface area contributed by atoms with Crippen LogP contribution >= 0.6 is 0 Å². The second-order valence-corrected chi connectivity index (χ2v) is 5.11. The average Bonchev–Trinajstić information content (AvgIpc) is 3.01. The van der Waals surface area contributed by atoms with Crippen LogP contribution in [0.2, 0.25) is 0 Å². The highest BCUT2D eigenvalue weighted by atomic mass is 16.7. The van der Waals surface area contributed by atoms with E-state index in [0.29, 0.717) is 22.7 Å². The van der Waals surface area contributed by atoms with Gasteiger partial charge in [0.15, 0.2) is 17.3 Å². The molecule has 0 unspecified atom stereocenters. The molecule has 0 atom stereocenters. The number of carbonyl (C=O) groups excluding carboxylic acids is 2. The maximum absolute atomic E-state index is 12.0. The van der Waals surface area contributed by atoms with Gasteiger partial charge in [-0.05, 0) is 31.2 Å². The molecular formula is C17H16N2O4. The number of Topliss-reactive ketones (excluding diaryl/α,β-unsaturated/α-hetero) is 1. The Hall–Kier alpha value is -3.02. The molecule has 0 fully saturated rings. The molecule has 0 spiro atoms. The van der Waals surface area contributed by atoms with Crippen LogP contribution in [0.1, 0.15) is 17.3 Å². The van der Waals surface area contributed by atoms with Crippen molar-refractivity contribution >= 4 is 23.1 Å². The van der Waals surface area contributed by atoms with Crippen molar-refractivity contribution in [2.24, 2.45) is 0 Å². The summed E-state index contributed by atoms with van der Waals surface area (Å²) in [5.41, 5.74) is 1.92. The van der Waals surface area contributed by atoms with Crippen molar-refractivity contribution in [3.05, 3.63) is 48.0 Å². The fraction of sp³-hybridized carbons (Fsp3) is 0.176. The van der Waals surface area contributed by atoms with Crippen molar-refractivity contribution in [2.75, 3.05) is 24.0 Å². The SMILES string of the molecule is CC(=O)c1cccc(NC(=O)CNc2ccc3c(c2)OCO3)c1. The van der Waals surface area contributed by atoms with E-state index in [-0.39, 0.29) is 25.0 Å². The fourth-order valence-electron chi connectivity index (χ4n) is 2.21. The molecule has 0 aromatic heterocycles. The predicted octanol–water partition coefficient (Wildman–Crippen LogP) is 2.67. The van der Waals surface area contributed by atoms with Gasteiger partial charge < -0.3 is 20.1 Å². The highest BCUT2D eigenvalue weighted by molar-refractivity contribution is 5.98. The standard InChI is InChI=1S/C17H16N2O4/c1-11(20)12-3-2-4-14(7-12)19-17(21)9-18-13-5-6-15-16(8-13)23-10-22-15/h2-8,18H,9-10H2,1H3,(H,19,21). The van der Waals surface area contributed by atoms with E-state index >= 15 is 0 Å². The molecular weight excluding hydrogens is 296 g/mol. The first-order chi connectivity index (χ1) is 11.1. The van der Waals surface area contributed by atoms with Gasteiger partial charge in [-0.15, -0.1) is 0 Å². The number of fused-ring (bicyclic) bond motifs is 1. The maximum Gasteiger partial charge on any atom is 0.243 e. The largest absolute Gasteiger partial charge is 0.454 e. The van der Waals surface area contributed by atoms with Crippen LogP contribution < -0.4 is 20.1 Å². The zero-order valence-electron chi connectivity index (χ0n) is 12.6. The van der Waals surface area contributed by atoms with E-state index in [1.165, 1.54) is 6.92 Å². The van der Waals surface area contributed by atoms with E-state index in [9.17, 15) is 9.59 Å². The normalized spacial score (nSPS) is 11.9. The van der Waals surface area contributed by atoms with Gasteiger partial charge in [-0.3, -0.25) is 9.59 Å². The van der Waals surface area contributed by atoms with Gasteiger partial charge in [0.05, 0.1) is 6.54 Å². The van der Waals surface area contributed by atoms with Gasteiger partial charge in [-0.25, -0.2) is 0 Å². The summed E-state index contributed by atoms with van der Waals surface area (Å²) in [6.07, 6.45) is 0. The fourth-order valence-corrected chi connectivity index (χ4v) is 2.21. The highest BCUT2D eigenvalue weighted by Gasteiger charge is 2.13. The summed E-state index contributed by atoms with van der Waals surface area (Å²) in [5, 5.41) is 5.77. The van der Waals surface area contributed by atoms with Crippen LogP contribution in [0.25, 0.3) is 0 Å². The van der Waals surface area contributed by atoms with E-state index in [1.54, 1.807) is 36.4 Å². The summed E-state index contributed by atoms with van der Waals surface area (Å²) in [6.45, 7) is 1.80. The van der Waals surface area contributed by atoms with Crippen molar-refractivity contribution in [3.63, 3.8) is 0 Å². The molecule has 0 radical (unpaired) electrons. The van der Waals surface area contributed by atoms with Gasteiger partial charge in [0.2, 0.25) is 12.7 Å². The lowest BCUT2D eigenvalue weighted by atomic mass is 10.1. The van der Waals surface area contributed by atoms with Crippen molar-refractivity contribution in [1.29, 1.82) is 0 Å². The van der Waals surface area contributed by atoms with E-state index < -0.39 is 0 Å². The zero-order valence-corrected chi connectivity index (χ0v) is 12.6. The van der Waals surface area contributed by atoms with Crippen LogP contribution in [0.15, 0.2) is 42.5 Å². The van der Waals surface area contributed by atoms with Crippen molar-refractivity contribution in [1.82, 2.24) is 0 Å². The first-order valence-electron chi connectivity index (χ1n) is 7.16.